The quantitative estimate of drug-likeness (QED) is 0.396. The third-order valence-electron chi connectivity index (χ3n) is 5.47. The van der Waals surface area contributed by atoms with Crippen LogP contribution in [0.2, 0.25) is 0 Å². The van der Waals surface area contributed by atoms with Gasteiger partial charge in [0.25, 0.3) is 5.56 Å². The molecule has 156 valence electrons. The second-order valence-corrected chi connectivity index (χ2v) is 8.76. The fourth-order valence-electron chi connectivity index (χ4n) is 3.87. The second-order valence-electron chi connectivity index (χ2n) is 7.51. The van der Waals surface area contributed by atoms with Crippen LogP contribution in [-0.2, 0) is 0 Å². The van der Waals surface area contributed by atoms with Gasteiger partial charge in [-0.05, 0) is 78.0 Å². The van der Waals surface area contributed by atoms with Crippen LogP contribution >= 0.6 is 22.6 Å². The molecule has 0 amide bonds. The summed E-state index contributed by atoms with van der Waals surface area (Å²) in [6, 6.07) is 13.7. The van der Waals surface area contributed by atoms with E-state index >= 15 is 0 Å². The number of hydrogen-bond donors (Lipinski definition) is 2. The number of aromatic amines is 1. The monoisotopic (exact) mass is 516 g/mol. The molecular formula is C23H25IN4O2. The van der Waals surface area contributed by atoms with Crippen molar-refractivity contribution in [3.05, 3.63) is 62.0 Å². The molecule has 7 heteroatoms. The molecule has 2 heterocycles. The van der Waals surface area contributed by atoms with Crippen molar-refractivity contribution >= 4 is 51.0 Å². The number of anilines is 1. The Morgan fingerprint density at radius 2 is 1.83 bits per heavy atom. The van der Waals surface area contributed by atoms with E-state index in [2.05, 4.69) is 61.4 Å². The van der Waals surface area contributed by atoms with Crippen molar-refractivity contribution in [3.63, 3.8) is 0 Å². The third kappa shape index (κ3) is 4.52. The lowest BCUT2D eigenvalue weighted by Crippen LogP contribution is -2.46. The first-order valence-corrected chi connectivity index (χ1v) is 11.3. The predicted molar refractivity (Wildman–Crippen MR) is 132 cm³/mol. The Hall–Kier alpha value is -2.39. The standard InChI is InChI=1S/C23H25IN4O2/c1-2-9-27-10-12-28(13-11-27)18-6-4-17(5-7-18)25-15-21-20-14-16(24)3-8-19(20)22(29)26-23(21)30/h3-8,14-15H,2,9-13H2,1H3,(H2,26,29,30). The van der Waals surface area contributed by atoms with E-state index in [4.69, 9.17) is 0 Å². The molecule has 1 saturated heterocycles. The molecule has 0 spiro atoms. The zero-order valence-corrected chi connectivity index (χ0v) is 19.1. The van der Waals surface area contributed by atoms with Crippen LogP contribution in [0.3, 0.4) is 0 Å². The summed E-state index contributed by atoms with van der Waals surface area (Å²) in [5.41, 5.74) is 2.21. The molecule has 1 aromatic heterocycles. The largest absolute Gasteiger partial charge is 0.494 e. The number of halogens is 1. The van der Waals surface area contributed by atoms with Crippen LogP contribution in [0, 0.1) is 3.57 Å². The number of hydrogen-bond acceptors (Lipinski definition) is 5. The number of H-pyrrole nitrogens is 1. The molecule has 4 rings (SSSR count). The van der Waals surface area contributed by atoms with Crippen molar-refractivity contribution in [1.82, 2.24) is 9.88 Å². The van der Waals surface area contributed by atoms with Crippen LogP contribution < -0.4 is 10.5 Å². The minimum atomic E-state index is -0.306. The van der Waals surface area contributed by atoms with Crippen LogP contribution in [0.1, 0.15) is 18.9 Å². The lowest BCUT2D eigenvalue weighted by Gasteiger charge is -2.36. The van der Waals surface area contributed by atoms with Gasteiger partial charge in [-0.3, -0.25) is 19.7 Å². The SMILES string of the molecule is CCCN1CCN(c2ccc(N=Cc3c(O)[nH]c(=O)c4ccc(I)cc34)cc2)CC1. The van der Waals surface area contributed by atoms with Crippen LogP contribution in [0.5, 0.6) is 5.88 Å². The molecular weight excluding hydrogens is 491 g/mol. The van der Waals surface area contributed by atoms with E-state index in [1.165, 1.54) is 18.7 Å². The van der Waals surface area contributed by atoms with Crippen LogP contribution in [0.25, 0.3) is 10.8 Å². The molecule has 2 aromatic carbocycles. The van der Waals surface area contributed by atoms with Crippen molar-refractivity contribution in [2.45, 2.75) is 13.3 Å². The van der Waals surface area contributed by atoms with Gasteiger partial charge < -0.3 is 10.0 Å². The predicted octanol–water partition coefficient (Wildman–Crippen LogP) is 4.12. The Morgan fingerprint density at radius 3 is 2.53 bits per heavy atom. The molecule has 1 aliphatic rings. The second kappa shape index (κ2) is 9.18. The molecule has 2 N–H and O–H groups in total. The van der Waals surface area contributed by atoms with Crippen LogP contribution in [0.4, 0.5) is 11.4 Å². The summed E-state index contributed by atoms with van der Waals surface area (Å²) in [5.74, 6) is -0.167. The van der Waals surface area contributed by atoms with Gasteiger partial charge in [0, 0.05) is 52.4 Å². The molecule has 0 radical (unpaired) electrons. The first-order valence-electron chi connectivity index (χ1n) is 10.2. The van der Waals surface area contributed by atoms with E-state index in [-0.39, 0.29) is 11.4 Å². The summed E-state index contributed by atoms with van der Waals surface area (Å²) < 4.78 is 0.989. The lowest BCUT2D eigenvalue weighted by molar-refractivity contribution is 0.258. The molecule has 6 nitrogen and oxygen atoms in total. The fraction of sp³-hybridized carbons (Fsp3) is 0.304. The highest BCUT2D eigenvalue weighted by Gasteiger charge is 2.16. The number of fused-ring (bicyclic) bond motifs is 1. The molecule has 1 fully saturated rings. The Balaban J connectivity index is 1.53. The van der Waals surface area contributed by atoms with Gasteiger partial charge in [-0.25, -0.2) is 0 Å². The number of benzene rings is 2. The molecule has 3 aromatic rings. The average molecular weight is 516 g/mol. The third-order valence-corrected chi connectivity index (χ3v) is 6.14. The molecule has 0 aliphatic carbocycles. The van der Waals surface area contributed by atoms with E-state index in [1.54, 1.807) is 12.3 Å². The summed E-state index contributed by atoms with van der Waals surface area (Å²) in [6.07, 6.45) is 2.81. The molecule has 0 atom stereocenters. The van der Waals surface area contributed by atoms with Crippen LogP contribution in [-0.4, -0.2) is 53.9 Å². The lowest BCUT2D eigenvalue weighted by atomic mass is 10.1. The number of nitrogens with zero attached hydrogens (tertiary/aromatic N) is 3. The molecule has 0 unspecified atom stereocenters. The normalized spacial score (nSPS) is 15.3. The van der Waals surface area contributed by atoms with E-state index in [1.807, 2.05) is 24.3 Å². The Bertz CT molecular complexity index is 1120. The Morgan fingerprint density at radius 1 is 1.10 bits per heavy atom. The molecule has 0 bridgehead atoms. The zero-order valence-electron chi connectivity index (χ0n) is 16.9. The van der Waals surface area contributed by atoms with Gasteiger partial charge in [0.2, 0.25) is 5.88 Å². The molecule has 30 heavy (non-hydrogen) atoms. The highest BCUT2D eigenvalue weighted by atomic mass is 127. The number of rotatable bonds is 5. The molecule has 0 saturated carbocycles. The van der Waals surface area contributed by atoms with Crippen molar-refractivity contribution < 1.29 is 5.11 Å². The fourth-order valence-corrected chi connectivity index (χ4v) is 4.36. The maximum Gasteiger partial charge on any atom is 0.258 e. The first-order chi connectivity index (χ1) is 14.5. The smallest absolute Gasteiger partial charge is 0.258 e. The highest BCUT2D eigenvalue weighted by Crippen LogP contribution is 2.25. The average Bonchev–Trinajstić information content (AvgIpc) is 2.74. The van der Waals surface area contributed by atoms with E-state index in [0.29, 0.717) is 16.3 Å². The number of aliphatic imine (C=N–C) groups is 1. The van der Waals surface area contributed by atoms with Crippen molar-refractivity contribution in [2.24, 2.45) is 4.99 Å². The number of piperazine rings is 1. The minimum absolute atomic E-state index is 0.167. The summed E-state index contributed by atoms with van der Waals surface area (Å²) in [6.45, 7) is 7.68. The summed E-state index contributed by atoms with van der Waals surface area (Å²) in [4.78, 5) is 24.1. The minimum Gasteiger partial charge on any atom is -0.494 e. The Kier molecular flexibility index (Phi) is 6.38. The van der Waals surface area contributed by atoms with E-state index in [0.717, 1.165) is 35.4 Å². The maximum absolute atomic E-state index is 12.1. The van der Waals surface area contributed by atoms with E-state index in [9.17, 15) is 9.90 Å². The van der Waals surface area contributed by atoms with Gasteiger partial charge >= 0.3 is 0 Å². The summed E-state index contributed by atoms with van der Waals surface area (Å²) in [7, 11) is 0. The van der Waals surface area contributed by atoms with Gasteiger partial charge in [-0.15, -0.1) is 0 Å². The zero-order chi connectivity index (χ0) is 21.1. The highest BCUT2D eigenvalue weighted by molar-refractivity contribution is 14.1. The maximum atomic E-state index is 12.1. The first kappa shape index (κ1) is 20.9. The number of aromatic hydroxyl groups is 1. The summed E-state index contributed by atoms with van der Waals surface area (Å²) in [5, 5.41) is 11.5. The van der Waals surface area contributed by atoms with Gasteiger partial charge in [0.15, 0.2) is 0 Å². The van der Waals surface area contributed by atoms with E-state index < -0.39 is 0 Å². The number of nitrogens with one attached hydrogen (secondary N) is 1. The topological polar surface area (TPSA) is 71.9 Å². The van der Waals surface area contributed by atoms with Crippen molar-refractivity contribution in [1.29, 1.82) is 0 Å². The summed E-state index contributed by atoms with van der Waals surface area (Å²) >= 11 is 2.19. The van der Waals surface area contributed by atoms with Gasteiger partial charge in [0.05, 0.1) is 11.3 Å². The number of aromatic nitrogens is 1. The van der Waals surface area contributed by atoms with Gasteiger partial charge in [-0.1, -0.05) is 6.92 Å². The van der Waals surface area contributed by atoms with Gasteiger partial charge in [-0.2, -0.15) is 0 Å². The van der Waals surface area contributed by atoms with Gasteiger partial charge in [0.1, 0.15) is 0 Å². The molecule has 1 aliphatic heterocycles. The number of pyridine rings is 1. The van der Waals surface area contributed by atoms with Crippen molar-refractivity contribution in [3.8, 4) is 5.88 Å². The van der Waals surface area contributed by atoms with Crippen molar-refractivity contribution in [2.75, 3.05) is 37.6 Å². The van der Waals surface area contributed by atoms with Crippen LogP contribution in [0.15, 0.2) is 52.3 Å². The Labute approximate surface area is 189 Å².